The van der Waals surface area contributed by atoms with Crippen molar-refractivity contribution in [3.8, 4) is 0 Å². The van der Waals surface area contributed by atoms with Gasteiger partial charge in [0.05, 0.1) is 6.04 Å². The molecule has 0 aromatic heterocycles. The Morgan fingerprint density at radius 2 is 1.82 bits per heavy atom. The summed E-state index contributed by atoms with van der Waals surface area (Å²) < 4.78 is 5.05. The summed E-state index contributed by atoms with van der Waals surface area (Å²) in [6.45, 7) is 0. The smallest absolute Gasteiger partial charge is 0.405 e. The highest BCUT2D eigenvalue weighted by Gasteiger charge is 2.43. The highest BCUT2D eigenvalue weighted by atomic mass is 16.6. The van der Waals surface area contributed by atoms with Crippen LogP contribution in [0, 0.1) is 5.92 Å². The second-order valence-corrected chi connectivity index (χ2v) is 9.45. The van der Waals surface area contributed by atoms with Crippen molar-refractivity contribution in [2.24, 2.45) is 11.7 Å². The zero-order valence-electron chi connectivity index (χ0n) is 19.1. The van der Waals surface area contributed by atoms with E-state index in [-0.39, 0.29) is 30.2 Å². The Balaban J connectivity index is 1.46. The van der Waals surface area contributed by atoms with Gasteiger partial charge in [-0.15, -0.1) is 0 Å². The number of nitrogens with one attached hydrogen (secondary N) is 2. The third kappa shape index (κ3) is 8.18. The van der Waals surface area contributed by atoms with Crippen LogP contribution in [0.15, 0.2) is 30.3 Å². The number of carbonyl (C=O) groups excluding carboxylic acids is 4. The van der Waals surface area contributed by atoms with Gasteiger partial charge < -0.3 is 25.9 Å². The molecule has 3 amide bonds. The fraction of sp³-hybridized carbons (Fsp3) is 0.600. The number of carbonyl (C=O) groups is 4. The summed E-state index contributed by atoms with van der Waals surface area (Å²) in [6, 6.07) is 9.17. The zero-order valence-corrected chi connectivity index (χ0v) is 19.1. The number of rotatable bonds is 12. The largest absolute Gasteiger partial charge is 0.436 e. The lowest BCUT2D eigenvalue weighted by Crippen LogP contribution is -2.46. The van der Waals surface area contributed by atoms with Crippen molar-refractivity contribution < 1.29 is 23.9 Å². The fourth-order valence-corrected chi connectivity index (χ4v) is 4.65. The second-order valence-electron chi connectivity index (χ2n) is 9.45. The molecule has 33 heavy (non-hydrogen) atoms. The Hall–Kier alpha value is -2.90. The SMILES string of the molecule is NC(=O)O[C@@H](CC1CCCCC1)C(=O)N[C@H](C=O)CCC(=O)NC1(Cc2ccccc2)CC1. The van der Waals surface area contributed by atoms with Crippen molar-refractivity contribution >= 4 is 24.2 Å². The Labute approximate surface area is 195 Å². The minimum absolute atomic E-state index is 0.115. The minimum Gasteiger partial charge on any atom is -0.436 e. The van der Waals surface area contributed by atoms with Crippen LogP contribution in [-0.4, -0.2) is 41.9 Å². The molecular formula is C25H35N3O5. The van der Waals surface area contributed by atoms with Crippen LogP contribution >= 0.6 is 0 Å². The van der Waals surface area contributed by atoms with Crippen LogP contribution in [0.5, 0.6) is 0 Å². The third-order valence-corrected chi connectivity index (χ3v) is 6.64. The number of hydrogen-bond donors (Lipinski definition) is 3. The number of primary amides is 1. The monoisotopic (exact) mass is 457 g/mol. The number of amides is 3. The first-order valence-electron chi connectivity index (χ1n) is 12.0. The van der Waals surface area contributed by atoms with E-state index in [1.165, 1.54) is 12.0 Å². The van der Waals surface area contributed by atoms with E-state index >= 15 is 0 Å². The van der Waals surface area contributed by atoms with Gasteiger partial charge in [0, 0.05) is 12.0 Å². The molecule has 0 heterocycles. The van der Waals surface area contributed by atoms with E-state index in [0.29, 0.717) is 12.7 Å². The van der Waals surface area contributed by atoms with Crippen LogP contribution in [0.2, 0.25) is 0 Å². The molecule has 2 aliphatic carbocycles. The molecule has 0 bridgehead atoms. The van der Waals surface area contributed by atoms with Gasteiger partial charge in [0.25, 0.3) is 5.91 Å². The Morgan fingerprint density at radius 3 is 2.42 bits per heavy atom. The predicted octanol–water partition coefficient (Wildman–Crippen LogP) is 2.78. The first kappa shape index (κ1) is 24.7. The minimum atomic E-state index is -1.03. The van der Waals surface area contributed by atoms with Gasteiger partial charge in [-0.1, -0.05) is 62.4 Å². The van der Waals surface area contributed by atoms with E-state index in [9.17, 15) is 19.2 Å². The van der Waals surface area contributed by atoms with Gasteiger partial charge in [-0.05, 0) is 43.6 Å². The van der Waals surface area contributed by atoms with Crippen LogP contribution in [0.3, 0.4) is 0 Å². The average molecular weight is 458 g/mol. The summed E-state index contributed by atoms with van der Waals surface area (Å²) in [5.41, 5.74) is 6.12. The first-order chi connectivity index (χ1) is 15.9. The van der Waals surface area contributed by atoms with Gasteiger partial charge in [0.15, 0.2) is 6.10 Å². The van der Waals surface area contributed by atoms with Crippen molar-refractivity contribution in [3.63, 3.8) is 0 Å². The van der Waals surface area contributed by atoms with Crippen LogP contribution in [-0.2, 0) is 25.5 Å². The molecule has 0 radical (unpaired) electrons. The van der Waals surface area contributed by atoms with Gasteiger partial charge in [-0.3, -0.25) is 9.59 Å². The standard InChI is InChI=1S/C25H35N3O5/c26-24(32)33-21(15-18-7-3-1-4-8-18)23(31)27-20(17-29)11-12-22(30)28-25(13-14-25)16-19-9-5-2-6-10-19/h2,5-6,9-10,17-18,20-21H,1,3-4,7-8,11-16H2,(H2,26,32)(H,27,31)(H,28,30)/t20-,21-/m0/s1. The normalized spacial score (nSPS) is 19.0. The van der Waals surface area contributed by atoms with Crippen molar-refractivity contribution in [2.75, 3.05) is 0 Å². The third-order valence-electron chi connectivity index (χ3n) is 6.64. The molecule has 8 nitrogen and oxygen atoms in total. The quantitative estimate of drug-likeness (QED) is 0.416. The summed E-state index contributed by atoms with van der Waals surface area (Å²) in [7, 11) is 0. The topological polar surface area (TPSA) is 128 Å². The van der Waals surface area contributed by atoms with Crippen molar-refractivity contribution in [3.05, 3.63) is 35.9 Å². The number of hydrogen-bond acceptors (Lipinski definition) is 5. The summed E-state index contributed by atoms with van der Waals surface area (Å²) in [6.07, 6.45) is 7.20. The van der Waals surface area contributed by atoms with Crippen molar-refractivity contribution in [1.29, 1.82) is 0 Å². The molecular weight excluding hydrogens is 422 g/mol. The first-order valence-corrected chi connectivity index (χ1v) is 12.0. The Morgan fingerprint density at radius 1 is 1.12 bits per heavy atom. The molecule has 2 aliphatic rings. The van der Waals surface area contributed by atoms with Crippen LogP contribution in [0.25, 0.3) is 0 Å². The van der Waals surface area contributed by atoms with Crippen molar-refractivity contribution in [1.82, 2.24) is 10.6 Å². The molecule has 8 heteroatoms. The Bertz CT molecular complexity index is 819. The predicted molar refractivity (Wildman–Crippen MR) is 123 cm³/mol. The number of ether oxygens (including phenoxy) is 1. The zero-order chi connectivity index (χ0) is 23.7. The van der Waals surface area contributed by atoms with Crippen LogP contribution in [0.4, 0.5) is 4.79 Å². The van der Waals surface area contributed by atoms with Crippen molar-refractivity contribution in [2.45, 2.75) is 88.3 Å². The molecule has 1 aromatic rings. The number of benzene rings is 1. The van der Waals surface area contributed by atoms with E-state index in [2.05, 4.69) is 10.6 Å². The maximum atomic E-state index is 12.7. The molecule has 2 fully saturated rings. The number of nitrogens with two attached hydrogens (primary N) is 1. The lowest BCUT2D eigenvalue weighted by molar-refractivity contribution is -0.133. The molecule has 180 valence electrons. The fourth-order valence-electron chi connectivity index (χ4n) is 4.65. The molecule has 0 aliphatic heterocycles. The van der Waals surface area contributed by atoms with Gasteiger partial charge in [-0.25, -0.2) is 4.79 Å². The highest BCUT2D eigenvalue weighted by molar-refractivity contribution is 5.85. The van der Waals surface area contributed by atoms with E-state index in [1.54, 1.807) is 0 Å². The summed E-state index contributed by atoms with van der Waals surface area (Å²) in [4.78, 5) is 48.1. The van der Waals surface area contributed by atoms with E-state index < -0.39 is 24.1 Å². The summed E-state index contributed by atoms with van der Waals surface area (Å²) in [5.74, 6) is -0.398. The average Bonchev–Trinajstić information content (AvgIpc) is 3.55. The summed E-state index contributed by atoms with van der Waals surface area (Å²) >= 11 is 0. The molecule has 0 saturated heterocycles. The van der Waals surface area contributed by atoms with Crippen LogP contribution in [0.1, 0.15) is 69.8 Å². The number of aldehydes is 1. The van der Waals surface area contributed by atoms with Gasteiger partial charge in [-0.2, -0.15) is 0 Å². The van der Waals surface area contributed by atoms with E-state index in [1.807, 2.05) is 30.3 Å². The molecule has 1 aromatic carbocycles. The maximum absolute atomic E-state index is 12.7. The molecule has 2 saturated carbocycles. The van der Waals surface area contributed by atoms with E-state index in [4.69, 9.17) is 10.5 Å². The van der Waals surface area contributed by atoms with E-state index in [0.717, 1.165) is 44.9 Å². The van der Waals surface area contributed by atoms with Gasteiger partial charge in [0.1, 0.15) is 6.29 Å². The lowest BCUT2D eigenvalue weighted by atomic mass is 9.85. The molecule has 0 unspecified atom stereocenters. The highest BCUT2D eigenvalue weighted by Crippen LogP contribution is 2.38. The summed E-state index contributed by atoms with van der Waals surface area (Å²) in [5, 5.41) is 5.71. The van der Waals surface area contributed by atoms with Gasteiger partial charge in [0.2, 0.25) is 5.91 Å². The Kier molecular flexibility index (Phi) is 8.86. The van der Waals surface area contributed by atoms with Gasteiger partial charge >= 0.3 is 6.09 Å². The lowest BCUT2D eigenvalue weighted by Gasteiger charge is -2.26. The maximum Gasteiger partial charge on any atom is 0.405 e. The second kappa shape index (κ2) is 11.8. The molecule has 3 rings (SSSR count). The molecule has 0 spiro atoms. The molecule has 2 atom stereocenters. The molecule has 4 N–H and O–H groups in total. The van der Waals surface area contributed by atoms with Crippen LogP contribution < -0.4 is 16.4 Å².